The Kier molecular flexibility index (Phi) is 14.2. The third kappa shape index (κ3) is 11.6. The molecule has 16 heteroatoms. The first-order valence-corrected chi connectivity index (χ1v) is 23.9. The minimum atomic E-state index is -4.45. The van der Waals surface area contributed by atoms with Crippen LogP contribution in [0.2, 0.25) is 0 Å². The van der Waals surface area contributed by atoms with Crippen LogP contribution in [0.1, 0.15) is 121 Å². The van der Waals surface area contributed by atoms with Gasteiger partial charge in [-0.15, -0.1) is 0 Å². The van der Waals surface area contributed by atoms with Crippen LogP contribution in [-0.2, 0) is 40.5 Å². The number of hydrogen-bond acceptors (Lipinski definition) is 8. The van der Waals surface area contributed by atoms with Gasteiger partial charge in [0.1, 0.15) is 0 Å². The molecule has 306 valence electrons. The van der Waals surface area contributed by atoms with E-state index in [4.69, 9.17) is 0 Å². The van der Waals surface area contributed by atoms with Crippen LogP contribution in [0.15, 0.2) is 92.4 Å². The first-order chi connectivity index (χ1) is 25.8. The molecule has 0 fully saturated rings. The molecule has 0 amide bonds. The fraction of sp³-hybridized carbons (Fsp3) is 0.400. The molecular weight excluding hydrogens is 801 g/mol. The lowest BCUT2D eigenvalue weighted by Gasteiger charge is -2.26. The maximum absolute atomic E-state index is 12.0. The van der Waals surface area contributed by atoms with E-state index >= 15 is 0 Å². The highest BCUT2D eigenvalue weighted by atomic mass is 32.2. The molecule has 4 rings (SSSR count). The van der Waals surface area contributed by atoms with Crippen molar-refractivity contribution < 1.29 is 51.9 Å². The molecule has 0 saturated heterocycles. The topological polar surface area (TPSA) is 217 Å². The summed E-state index contributed by atoms with van der Waals surface area (Å²) in [5, 5.41) is 0. The van der Waals surface area contributed by atoms with Crippen molar-refractivity contribution in [3.05, 3.63) is 117 Å². The van der Waals surface area contributed by atoms with Gasteiger partial charge in [-0.1, -0.05) is 62.4 Å². The van der Waals surface area contributed by atoms with Gasteiger partial charge in [-0.3, -0.25) is 18.2 Å². The third-order valence-electron chi connectivity index (χ3n) is 10.7. The summed E-state index contributed by atoms with van der Waals surface area (Å²) in [4.78, 5) is -0.704. The van der Waals surface area contributed by atoms with Gasteiger partial charge < -0.3 is 0 Å². The zero-order valence-electron chi connectivity index (χ0n) is 32.2. The standard InChI is InChI=1S/C40H50O12S4/c1-25(33-13-17-37(27(3)21-33)53(41,42)43)7-9-31(35-15-19-39(29(5)23-35)55(47,48)49)11-12-32(36-16-20-40(30(6)24-36)56(50,51)52)10-8-26(2)34-14-18-38(28(4)22-34)54(44,45)46/h13-26,31-32H,7-12H2,1-6H3,(H,41,42,43)(H,44,45,46)(H,47,48,49)(H,50,51,52)/t25-,26-,31+,32+/m1/s1. The van der Waals surface area contributed by atoms with Crippen molar-refractivity contribution in [1.29, 1.82) is 0 Å². The third-order valence-corrected chi connectivity index (χ3v) is 14.8. The van der Waals surface area contributed by atoms with Gasteiger partial charge in [0.15, 0.2) is 0 Å². The highest BCUT2D eigenvalue weighted by molar-refractivity contribution is 7.86. The summed E-state index contributed by atoms with van der Waals surface area (Å²) in [7, 11) is -17.7. The predicted octanol–water partition coefficient (Wildman–Crippen LogP) is 8.72. The van der Waals surface area contributed by atoms with E-state index in [2.05, 4.69) is 0 Å². The lowest BCUT2D eigenvalue weighted by molar-refractivity contribution is 0.448. The molecule has 0 radical (unpaired) electrons. The van der Waals surface area contributed by atoms with E-state index in [-0.39, 0.29) is 43.3 Å². The van der Waals surface area contributed by atoms with E-state index in [1.54, 1.807) is 76.2 Å². The van der Waals surface area contributed by atoms with Crippen LogP contribution in [0.5, 0.6) is 0 Å². The number of aryl methyl sites for hydroxylation is 4. The summed E-state index contributed by atoms with van der Waals surface area (Å²) in [6.07, 6.45) is 3.87. The molecule has 0 unspecified atom stereocenters. The van der Waals surface area contributed by atoms with E-state index in [1.807, 2.05) is 13.8 Å². The summed E-state index contributed by atoms with van der Waals surface area (Å²) in [5.41, 5.74) is 5.09. The van der Waals surface area contributed by atoms with Crippen LogP contribution < -0.4 is 0 Å². The summed E-state index contributed by atoms with van der Waals surface area (Å²) in [6, 6.07) is 19.3. The second kappa shape index (κ2) is 17.6. The SMILES string of the molecule is Cc1cc([C@H](CC[C@H](CC[C@@H](C)c2ccc(S(=O)(=O)O)c(C)c2)c2ccc(S(=O)(=O)O)c(C)c2)CC[C@@H](C)c2ccc(S(=O)(=O)O)c(C)c2)ccc1S(=O)(=O)O. The molecule has 0 saturated carbocycles. The molecule has 0 heterocycles. The first-order valence-electron chi connectivity index (χ1n) is 18.1. The molecule has 0 aliphatic carbocycles. The highest BCUT2D eigenvalue weighted by Gasteiger charge is 2.24. The fourth-order valence-corrected chi connectivity index (χ4v) is 10.4. The zero-order chi connectivity index (χ0) is 42.0. The predicted molar refractivity (Wildman–Crippen MR) is 214 cm³/mol. The van der Waals surface area contributed by atoms with Crippen molar-refractivity contribution in [3.63, 3.8) is 0 Å². The average Bonchev–Trinajstić information content (AvgIpc) is 3.06. The molecule has 4 atom stereocenters. The van der Waals surface area contributed by atoms with E-state index in [0.717, 1.165) is 22.3 Å². The quantitative estimate of drug-likeness (QED) is 0.0734. The lowest BCUT2D eigenvalue weighted by Crippen LogP contribution is -2.10. The van der Waals surface area contributed by atoms with E-state index in [9.17, 15) is 51.9 Å². The normalized spacial score (nSPS) is 15.0. The van der Waals surface area contributed by atoms with Crippen LogP contribution in [0.4, 0.5) is 0 Å². The highest BCUT2D eigenvalue weighted by Crippen LogP contribution is 2.39. The Morgan fingerprint density at radius 1 is 0.375 bits per heavy atom. The maximum Gasteiger partial charge on any atom is 0.294 e. The smallest absolute Gasteiger partial charge is 0.282 e. The van der Waals surface area contributed by atoms with Crippen molar-refractivity contribution in [3.8, 4) is 0 Å². The molecule has 0 aliphatic rings. The van der Waals surface area contributed by atoms with Gasteiger partial charge in [0.25, 0.3) is 40.5 Å². The van der Waals surface area contributed by atoms with Crippen LogP contribution in [0.3, 0.4) is 0 Å². The van der Waals surface area contributed by atoms with Crippen LogP contribution in [0, 0.1) is 27.7 Å². The van der Waals surface area contributed by atoms with Gasteiger partial charge in [0, 0.05) is 0 Å². The Hall–Kier alpha value is -3.48. The van der Waals surface area contributed by atoms with Crippen LogP contribution >= 0.6 is 0 Å². The van der Waals surface area contributed by atoms with Gasteiger partial charge >= 0.3 is 0 Å². The summed E-state index contributed by atoms with van der Waals surface area (Å²) in [6.45, 7) is 10.5. The molecular formula is C40H50O12S4. The first kappa shape index (κ1) is 45.2. The minimum Gasteiger partial charge on any atom is -0.282 e. The van der Waals surface area contributed by atoms with Gasteiger partial charge in [0.2, 0.25) is 0 Å². The monoisotopic (exact) mass is 850 g/mol. The van der Waals surface area contributed by atoms with E-state index in [0.29, 0.717) is 60.8 Å². The number of rotatable bonds is 17. The Morgan fingerprint density at radius 3 is 0.821 bits per heavy atom. The molecule has 56 heavy (non-hydrogen) atoms. The van der Waals surface area contributed by atoms with Crippen molar-refractivity contribution in [1.82, 2.24) is 0 Å². The maximum atomic E-state index is 12.0. The Morgan fingerprint density at radius 2 is 0.589 bits per heavy atom. The van der Waals surface area contributed by atoms with E-state index in [1.165, 1.54) is 24.3 Å². The van der Waals surface area contributed by atoms with E-state index < -0.39 is 40.5 Å². The Bertz CT molecular complexity index is 2350. The average molecular weight is 851 g/mol. The van der Waals surface area contributed by atoms with Crippen molar-refractivity contribution in [2.45, 2.75) is 123 Å². The van der Waals surface area contributed by atoms with Gasteiger partial charge in [-0.2, -0.15) is 33.7 Å². The fourth-order valence-electron chi connectivity index (χ4n) is 7.56. The van der Waals surface area contributed by atoms with Crippen molar-refractivity contribution in [2.75, 3.05) is 0 Å². The number of hydrogen-bond donors (Lipinski definition) is 4. The minimum absolute atomic E-state index is 0.0206. The Labute approximate surface area is 331 Å². The van der Waals surface area contributed by atoms with Gasteiger partial charge in [-0.05, 0) is 159 Å². The molecule has 0 bridgehead atoms. The van der Waals surface area contributed by atoms with Crippen molar-refractivity contribution in [2.24, 2.45) is 0 Å². The molecule has 0 spiro atoms. The summed E-state index contributed by atoms with van der Waals surface area (Å²) < 4.78 is 134. The second-order valence-electron chi connectivity index (χ2n) is 14.9. The summed E-state index contributed by atoms with van der Waals surface area (Å²) in [5.74, 6) is -0.238. The lowest BCUT2D eigenvalue weighted by atomic mass is 9.80. The molecule has 4 N–H and O–H groups in total. The van der Waals surface area contributed by atoms with Crippen molar-refractivity contribution >= 4 is 40.5 Å². The van der Waals surface area contributed by atoms with Gasteiger partial charge in [0.05, 0.1) is 19.6 Å². The van der Waals surface area contributed by atoms with Crippen LogP contribution in [-0.4, -0.2) is 51.9 Å². The Balaban J connectivity index is 1.67. The molecule has 0 aromatic heterocycles. The largest absolute Gasteiger partial charge is 0.294 e. The molecule has 12 nitrogen and oxygen atoms in total. The second-order valence-corrected chi connectivity index (χ2v) is 20.5. The summed E-state index contributed by atoms with van der Waals surface area (Å²) >= 11 is 0. The van der Waals surface area contributed by atoms with Crippen LogP contribution in [0.25, 0.3) is 0 Å². The zero-order valence-corrected chi connectivity index (χ0v) is 35.4. The molecule has 4 aromatic rings. The number of benzene rings is 4. The molecule has 4 aromatic carbocycles. The van der Waals surface area contributed by atoms with Gasteiger partial charge in [-0.25, -0.2) is 0 Å². The molecule has 0 aliphatic heterocycles.